The second-order valence-corrected chi connectivity index (χ2v) is 32.0. The molecule has 2 aromatic carbocycles. The van der Waals surface area contributed by atoms with Gasteiger partial charge in [0.2, 0.25) is 76.8 Å². The Labute approximate surface area is 667 Å². The van der Waals surface area contributed by atoms with E-state index in [1.54, 1.807) is 109 Å². The zero-order valence-electron chi connectivity index (χ0n) is 66.5. The number of aliphatic carboxylic acids is 1. The average molecular weight is 1620 g/mol. The molecule has 0 saturated carbocycles. The number of methoxy groups -OCH3 is 1. The Morgan fingerprint density at radius 1 is 0.593 bits per heavy atom. The second kappa shape index (κ2) is 45.9. The number of cyclic esters (lactones) is 1. The third-order valence-electron chi connectivity index (χ3n) is 20.3. The second-order valence-electron chi connectivity index (χ2n) is 29.4. The van der Waals surface area contributed by atoms with Crippen molar-refractivity contribution in [1.82, 2.24) is 73.6 Å². The number of rotatable bonds is 20. The minimum atomic E-state index is -2.05. The first-order valence-corrected chi connectivity index (χ1v) is 40.7. The van der Waals surface area contributed by atoms with Gasteiger partial charge in [-0.1, -0.05) is 163 Å². The molecule has 624 valence electrons. The Morgan fingerprint density at radius 3 is 1.70 bits per heavy atom. The van der Waals surface area contributed by atoms with Crippen molar-refractivity contribution in [2.75, 3.05) is 38.8 Å². The van der Waals surface area contributed by atoms with Crippen molar-refractivity contribution in [3.8, 4) is 0 Å². The van der Waals surface area contributed by atoms with Crippen LogP contribution in [-0.4, -0.2) is 244 Å². The molecule has 18 atom stereocenters. The van der Waals surface area contributed by atoms with Crippen LogP contribution in [-0.2, 0) is 99.0 Å². The van der Waals surface area contributed by atoms with Gasteiger partial charge in [0.05, 0.1) is 24.8 Å². The van der Waals surface area contributed by atoms with Crippen LogP contribution in [0.15, 0.2) is 72.9 Å². The van der Waals surface area contributed by atoms with Crippen LogP contribution in [0.4, 0.5) is 0 Å². The zero-order chi connectivity index (χ0) is 84.1. The number of likely N-dealkylation sites (N-methyl/N-ethyl adjacent to an activating group) is 1. The predicted molar refractivity (Wildman–Crippen MR) is 419 cm³/mol. The maximum absolute atomic E-state index is 15.6. The average Bonchev–Trinajstić information content (AvgIpc) is 1.75. The summed E-state index contributed by atoms with van der Waals surface area (Å²) in [5.74, 6) is -19.1. The summed E-state index contributed by atoms with van der Waals surface area (Å²) < 4.78 is 11.5. The number of esters is 1. The number of carbonyl (C=O) groups excluding carboxylic acids is 15. The number of nitrogens with one attached hydrogen (secondary N) is 12. The first-order valence-electron chi connectivity index (χ1n) is 38.3. The van der Waals surface area contributed by atoms with Gasteiger partial charge in [-0.3, -0.25) is 71.9 Å². The molecule has 0 aliphatic carbocycles. The molecule has 2 aromatic rings. The summed E-state index contributed by atoms with van der Waals surface area (Å²) >= 11 is 0. The van der Waals surface area contributed by atoms with Gasteiger partial charge in [-0.15, -0.1) is 0 Å². The van der Waals surface area contributed by atoms with Gasteiger partial charge in [-0.2, -0.15) is 0 Å². The number of fused-ring (bicyclic) bond motifs is 6. The number of carboxylic acid groups (broad SMARTS) is 1. The predicted octanol–water partition coefficient (Wildman–Crippen LogP) is 0.0792. The molecule has 3 fully saturated rings. The molecular formula is C77H114N14O20S2. The maximum Gasteiger partial charge on any atom is 0.331 e. The summed E-state index contributed by atoms with van der Waals surface area (Å²) in [6.07, 6.45) is -3.54. The van der Waals surface area contributed by atoms with Crippen molar-refractivity contribution in [3.05, 3.63) is 84.1 Å². The van der Waals surface area contributed by atoms with Crippen LogP contribution in [0.5, 0.6) is 0 Å². The molecule has 14 amide bonds. The number of ether oxygens (including phenoxy) is 2. The van der Waals surface area contributed by atoms with Crippen molar-refractivity contribution in [2.24, 2.45) is 23.7 Å². The van der Waals surface area contributed by atoms with E-state index >= 15 is 24.0 Å². The fraction of sp³-hybridized carbons (Fsp3) is 0.610. The van der Waals surface area contributed by atoms with Crippen LogP contribution < -0.4 is 63.8 Å². The Kier molecular flexibility index (Phi) is 38.1. The van der Waals surface area contributed by atoms with Gasteiger partial charge in [0.15, 0.2) is 6.04 Å². The van der Waals surface area contributed by atoms with Crippen LogP contribution >= 0.6 is 21.6 Å². The van der Waals surface area contributed by atoms with Crippen LogP contribution in [0.2, 0.25) is 0 Å². The molecule has 2 bridgehead atoms. The van der Waals surface area contributed by atoms with Gasteiger partial charge in [0, 0.05) is 51.5 Å². The lowest BCUT2D eigenvalue weighted by Gasteiger charge is -2.36. The Hall–Kier alpha value is -9.68. The van der Waals surface area contributed by atoms with Crippen LogP contribution in [0.3, 0.4) is 0 Å². The quantitative estimate of drug-likeness (QED) is 0.0474. The summed E-state index contributed by atoms with van der Waals surface area (Å²) in [5, 5.41) is 51.9. The van der Waals surface area contributed by atoms with E-state index in [-0.39, 0.29) is 69.1 Å². The lowest BCUT2D eigenvalue weighted by molar-refractivity contribution is -0.158. The standard InChI is InChI=1S/C77H114N14O20S2/c1-15-41(6)33-50-67(99)87-60(40(4)5)76(108)90(13)63(47(12)110-14)74(106)85-54(37-92)77(109)111-46(11)62-73(105)84-53(36-49-27-22-19-23-28-49)75(107)91-32-24-29-57(91)71(103)86-56(70(102)88-61(43(8)17-3)72(104)79-45(10)65(97)81-50)39-113-112-38-55(80-58(93)30-31-59(94)95)69(101)83-52(35-48-25-20-18-21-26-48)66(98)78-44(9)64(96)82-51(68(100)89-62)34-42(7)16-2/h18-23,25-28,40-44,46-47,50-57,60-63,92H,10,15-17,24,29-39H2,1-9,11-14H3,(H,78,98)(H,79,104)(H,80,93)(H,81,97)(H,82,96)(H,83,101)(H,84,105)(H,85,106)(H,86,103)(H,87,99)(H,88,102)(H,89,100)(H,94,95)/t41-,42+,43+,44-,46-,47-,50+,51?,52-,53-,54+,55+,56+,57+,60?,61+,62-,63+/m1/s1. The van der Waals surface area contributed by atoms with E-state index in [9.17, 15) is 63.0 Å². The normalized spacial score (nSPS) is 27.4. The highest BCUT2D eigenvalue weighted by Gasteiger charge is 2.45. The summed E-state index contributed by atoms with van der Waals surface area (Å²) in [5.41, 5.74) is 0.407. The van der Waals surface area contributed by atoms with Gasteiger partial charge in [0.25, 0.3) is 5.91 Å². The van der Waals surface area contributed by atoms with E-state index in [2.05, 4.69) is 70.4 Å². The number of amides is 14. The van der Waals surface area contributed by atoms with E-state index in [1.165, 1.54) is 39.8 Å². The molecule has 34 nitrogen and oxygen atoms in total. The molecule has 3 saturated heterocycles. The summed E-state index contributed by atoms with van der Waals surface area (Å²) in [4.78, 5) is 236. The summed E-state index contributed by atoms with van der Waals surface area (Å²) in [6.45, 7) is 20.1. The minimum absolute atomic E-state index is 0.0134. The molecule has 2 unspecified atom stereocenters. The molecule has 14 N–H and O–H groups in total. The lowest BCUT2D eigenvalue weighted by atomic mass is 9.96. The Balaban J connectivity index is 1.80. The molecular weight excluding hydrogens is 1510 g/mol. The molecule has 5 rings (SSSR count). The highest BCUT2D eigenvalue weighted by molar-refractivity contribution is 8.76. The van der Waals surface area contributed by atoms with Crippen LogP contribution in [0.1, 0.15) is 145 Å². The van der Waals surface area contributed by atoms with Crippen molar-refractivity contribution < 1.29 is 96.4 Å². The molecule has 3 aliphatic heterocycles. The fourth-order valence-corrected chi connectivity index (χ4v) is 15.0. The van der Waals surface area contributed by atoms with Gasteiger partial charge in [0.1, 0.15) is 78.6 Å². The zero-order valence-corrected chi connectivity index (χ0v) is 68.1. The number of hydrogen-bond donors (Lipinski definition) is 14. The van der Waals surface area contributed by atoms with E-state index in [4.69, 9.17) is 9.47 Å². The third kappa shape index (κ3) is 28.4. The molecule has 0 spiro atoms. The lowest BCUT2D eigenvalue weighted by Crippen LogP contribution is -2.63. The summed E-state index contributed by atoms with van der Waals surface area (Å²) in [6, 6.07) is -4.17. The van der Waals surface area contributed by atoms with E-state index < -0.39 is 228 Å². The molecule has 113 heavy (non-hydrogen) atoms. The number of aliphatic hydroxyl groups is 1. The minimum Gasteiger partial charge on any atom is -0.481 e. The van der Waals surface area contributed by atoms with Crippen molar-refractivity contribution in [1.29, 1.82) is 0 Å². The van der Waals surface area contributed by atoms with E-state index in [0.29, 0.717) is 24.0 Å². The topological polar surface area (TPSA) is 483 Å². The van der Waals surface area contributed by atoms with Gasteiger partial charge in [-0.05, 0) is 81.3 Å². The maximum atomic E-state index is 15.6. The van der Waals surface area contributed by atoms with Crippen LogP contribution in [0.25, 0.3) is 0 Å². The molecule has 0 radical (unpaired) electrons. The van der Waals surface area contributed by atoms with E-state index in [0.717, 1.165) is 26.5 Å². The SMILES string of the molecule is C=C1NC(=O)[C@H]([C@@H](C)CC)NC(=O)[C@@H]2CSSC[C@H](NC(=O)CCC(=O)O)C(=O)N[C@H](Cc3ccccc3)C(=O)N[C@H](C)C(=O)NC(C[C@@H](C)CC)C(=O)N[C@@H](C(=O)N[C@H](Cc3ccccc3)C(=O)N3CCC[C@H]3C(=O)N2)[C@@H](C)OC(=O)[C@H](CO)NC(=O)[C@H]([C@@H](C)OC)N(C)C(=O)C(C(C)C)NC(=O)[C@H](C[C@H](C)CC)NC1=O. The molecule has 0 aromatic heterocycles. The van der Waals surface area contributed by atoms with Gasteiger partial charge < -0.3 is 93.3 Å². The number of carbonyl (C=O) groups is 16. The largest absolute Gasteiger partial charge is 0.481 e. The summed E-state index contributed by atoms with van der Waals surface area (Å²) in [7, 11) is 4.24. The smallest absolute Gasteiger partial charge is 0.331 e. The van der Waals surface area contributed by atoms with Gasteiger partial charge >= 0.3 is 11.9 Å². The first-order chi connectivity index (χ1) is 53.5. The van der Waals surface area contributed by atoms with Crippen molar-refractivity contribution >= 4 is 116 Å². The molecule has 36 heteroatoms. The van der Waals surface area contributed by atoms with Crippen LogP contribution in [0, 0.1) is 23.7 Å². The molecule has 3 aliphatic rings. The highest BCUT2D eigenvalue weighted by Crippen LogP contribution is 2.27. The van der Waals surface area contributed by atoms with E-state index in [1.807, 2.05) is 6.92 Å². The Bertz CT molecular complexity index is 3690. The molecule has 3 heterocycles. The number of benzene rings is 2. The highest BCUT2D eigenvalue weighted by atomic mass is 33.1. The third-order valence-corrected chi connectivity index (χ3v) is 22.7. The fourth-order valence-electron chi connectivity index (χ4n) is 12.6. The van der Waals surface area contributed by atoms with Gasteiger partial charge in [-0.25, -0.2) is 4.79 Å². The number of aliphatic hydroxyl groups excluding tert-OH is 1. The van der Waals surface area contributed by atoms with Crippen molar-refractivity contribution in [3.63, 3.8) is 0 Å². The van der Waals surface area contributed by atoms with Crippen molar-refractivity contribution in [2.45, 2.75) is 238 Å². The monoisotopic (exact) mass is 1620 g/mol. The number of carboxylic acids is 1. The Morgan fingerprint density at radius 2 is 1.13 bits per heavy atom. The number of hydrogen-bond acceptors (Lipinski definition) is 21. The number of nitrogens with zero attached hydrogens (tertiary/aromatic N) is 2. The first kappa shape index (κ1) is 93.9.